The molecule has 5 heteroatoms. The minimum absolute atomic E-state index is 0.0491. The average Bonchev–Trinajstić information content (AvgIpc) is 2.65. The van der Waals surface area contributed by atoms with Gasteiger partial charge in [-0.15, -0.1) is 0 Å². The van der Waals surface area contributed by atoms with Gasteiger partial charge in [-0.25, -0.2) is 0 Å². The number of anilines is 1. The van der Waals surface area contributed by atoms with Crippen LogP contribution in [0.15, 0.2) is 41.3 Å². The van der Waals surface area contributed by atoms with Crippen LogP contribution in [0.4, 0.5) is 5.82 Å². The third kappa shape index (κ3) is 5.63. The van der Waals surface area contributed by atoms with Crippen LogP contribution >= 0.6 is 0 Å². The van der Waals surface area contributed by atoms with Gasteiger partial charge in [-0.3, -0.25) is 9.69 Å². The number of hydrogen-bond donors (Lipinski definition) is 2. The topological polar surface area (TPSA) is 57.4 Å². The van der Waals surface area contributed by atoms with Gasteiger partial charge in [0, 0.05) is 30.9 Å². The number of piperidine rings is 1. The summed E-state index contributed by atoms with van der Waals surface area (Å²) < 4.78 is 5.89. The number of aryl methyl sites for hydroxylation is 1. The number of aromatic amines is 1. The molecule has 1 fully saturated rings. The molecule has 0 saturated carbocycles. The van der Waals surface area contributed by atoms with Gasteiger partial charge in [-0.05, 0) is 57.0 Å². The molecule has 1 aromatic carbocycles. The average molecular weight is 355 g/mol. The van der Waals surface area contributed by atoms with Crippen LogP contribution in [0, 0.1) is 6.92 Å². The first-order valence-electron chi connectivity index (χ1n) is 9.58. The summed E-state index contributed by atoms with van der Waals surface area (Å²) in [5, 5.41) is 3.22. The lowest BCUT2D eigenvalue weighted by Gasteiger charge is -2.26. The van der Waals surface area contributed by atoms with Gasteiger partial charge < -0.3 is 15.0 Å². The van der Waals surface area contributed by atoms with Gasteiger partial charge in [0.1, 0.15) is 11.6 Å². The molecule has 140 valence electrons. The number of nitrogens with one attached hydrogen (secondary N) is 2. The van der Waals surface area contributed by atoms with Gasteiger partial charge >= 0.3 is 0 Å². The molecule has 0 bridgehead atoms. The summed E-state index contributed by atoms with van der Waals surface area (Å²) in [4.78, 5) is 17.2. The third-order valence-electron chi connectivity index (χ3n) is 4.77. The zero-order valence-electron chi connectivity index (χ0n) is 15.6. The summed E-state index contributed by atoms with van der Waals surface area (Å²) in [6, 6.07) is 10.0. The van der Waals surface area contributed by atoms with Crippen LogP contribution in [0.5, 0.6) is 5.75 Å². The second-order valence-corrected chi connectivity index (χ2v) is 7.01. The molecule has 0 amide bonds. The van der Waals surface area contributed by atoms with E-state index in [1.165, 1.54) is 37.9 Å². The van der Waals surface area contributed by atoms with Gasteiger partial charge in [0.05, 0.1) is 6.61 Å². The largest absolute Gasteiger partial charge is 0.494 e. The normalized spacial score (nSPS) is 15.0. The Morgan fingerprint density at radius 2 is 2.04 bits per heavy atom. The van der Waals surface area contributed by atoms with Crippen molar-refractivity contribution in [2.24, 2.45) is 0 Å². The number of rotatable bonds is 8. The number of benzene rings is 1. The Labute approximate surface area is 155 Å². The predicted molar refractivity (Wildman–Crippen MR) is 106 cm³/mol. The molecule has 2 N–H and O–H groups in total. The van der Waals surface area contributed by atoms with Crippen molar-refractivity contribution in [3.63, 3.8) is 0 Å². The zero-order valence-corrected chi connectivity index (χ0v) is 15.6. The molecule has 0 radical (unpaired) electrons. The number of H-pyrrole nitrogens is 1. The molecule has 1 aliphatic rings. The second kappa shape index (κ2) is 9.43. The molecular formula is C21H29N3O2. The Morgan fingerprint density at radius 1 is 1.19 bits per heavy atom. The van der Waals surface area contributed by atoms with Crippen molar-refractivity contribution in [2.45, 2.75) is 39.2 Å². The second-order valence-electron chi connectivity index (χ2n) is 7.01. The van der Waals surface area contributed by atoms with Crippen LogP contribution < -0.4 is 15.5 Å². The Morgan fingerprint density at radius 3 is 2.85 bits per heavy atom. The summed E-state index contributed by atoms with van der Waals surface area (Å²) in [6.45, 7) is 6.63. The molecule has 5 nitrogen and oxygen atoms in total. The first-order valence-corrected chi connectivity index (χ1v) is 9.58. The van der Waals surface area contributed by atoms with Crippen molar-refractivity contribution in [2.75, 3.05) is 31.6 Å². The highest BCUT2D eigenvalue weighted by molar-refractivity contribution is 5.35. The first-order chi connectivity index (χ1) is 12.7. The fourth-order valence-electron chi connectivity index (χ4n) is 3.24. The van der Waals surface area contributed by atoms with E-state index in [1.807, 2.05) is 6.07 Å². The summed E-state index contributed by atoms with van der Waals surface area (Å²) in [6.07, 6.45) is 6.59. The highest BCUT2D eigenvalue weighted by Crippen LogP contribution is 2.17. The molecule has 2 aromatic rings. The van der Waals surface area contributed by atoms with E-state index in [9.17, 15) is 4.79 Å². The van der Waals surface area contributed by atoms with Gasteiger partial charge in [-0.2, -0.15) is 0 Å². The van der Waals surface area contributed by atoms with Crippen LogP contribution in [0.2, 0.25) is 0 Å². The monoisotopic (exact) mass is 355 g/mol. The molecule has 0 spiro atoms. The molecule has 1 aliphatic heterocycles. The quantitative estimate of drug-likeness (QED) is 0.711. The van der Waals surface area contributed by atoms with E-state index in [2.05, 4.69) is 33.4 Å². The Kier molecular flexibility index (Phi) is 6.72. The summed E-state index contributed by atoms with van der Waals surface area (Å²) in [5.41, 5.74) is 2.09. The van der Waals surface area contributed by atoms with Gasteiger partial charge in [0.25, 0.3) is 0 Å². The van der Waals surface area contributed by atoms with E-state index in [4.69, 9.17) is 4.74 Å². The number of likely N-dealkylation sites (tertiary alicyclic amines) is 1. The molecule has 1 saturated heterocycles. The van der Waals surface area contributed by atoms with Crippen molar-refractivity contribution in [3.05, 3.63) is 57.9 Å². The van der Waals surface area contributed by atoms with Crippen molar-refractivity contribution >= 4 is 5.82 Å². The first kappa shape index (κ1) is 18.5. The molecule has 0 aliphatic carbocycles. The van der Waals surface area contributed by atoms with Crippen molar-refractivity contribution in [3.8, 4) is 5.75 Å². The predicted octanol–water partition coefficient (Wildman–Crippen LogP) is 3.55. The fourth-order valence-corrected chi connectivity index (χ4v) is 3.24. The number of aromatic nitrogens is 1. The Balaban J connectivity index is 1.39. The highest BCUT2D eigenvalue weighted by Gasteiger charge is 2.10. The van der Waals surface area contributed by atoms with Gasteiger partial charge in [0.15, 0.2) is 5.43 Å². The zero-order chi connectivity index (χ0) is 18.2. The van der Waals surface area contributed by atoms with Crippen LogP contribution in [-0.4, -0.2) is 36.1 Å². The van der Waals surface area contributed by atoms with Crippen LogP contribution in [0.25, 0.3) is 0 Å². The highest BCUT2D eigenvalue weighted by atomic mass is 16.5. The summed E-state index contributed by atoms with van der Waals surface area (Å²) in [7, 11) is 0. The Bertz CT molecular complexity index is 751. The number of ether oxygens (including phenoxy) is 1. The molecule has 26 heavy (non-hydrogen) atoms. The van der Waals surface area contributed by atoms with E-state index in [1.54, 1.807) is 19.2 Å². The summed E-state index contributed by atoms with van der Waals surface area (Å²) >= 11 is 0. The molecule has 1 aromatic heterocycles. The van der Waals surface area contributed by atoms with Crippen molar-refractivity contribution < 1.29 is 4.74 Å². The fraction of sp³-hybridized carbons (Fsp3) is 0.476. The van der Waals surface area contributed by atoms with Crippen LogP contribution in [-0.2, 0) is 6.54 Å². The van der Waals surface area contributed by atoms with Crippen LogP contribution in [0.1, 0.15) is 36.8 Å². The lowest BCUT2D eigenvalue weighted by Crippen LogP contribution is -2.29. The summed E-state index contributed by atoms with van der Waals surface area (Å²) in [5.74, 6) is 1.69. The van der Waals surface area contributed by atoms with E-state index in [-0.39, 0.29) is 5.43 Å². The maximum atomic E-state index is 11.6. The Hall–Kier alpha value is -2.27. The molecule has 0 atom stereocenters. The number of nitrogens with zero attached hydrogens (tertiary/aromatic N) is 1. The van der Waals surface area contributed by atoms with Crippen molar-refractivity contribution in [1.82, 2.24) is 9.88 Å². The molecule has 0 unspecified atom stereocenters. The SMILES string of the molecule is Cc1c[nH]c(NCCCOc2cccc(CN3CCCCC3)c2)cc1=O. The lowest BCUT2D eigenvalue weighted by molar-refractivity contribution is 0.220. The van der Waals surface area contributed by atoms with E-state index in [0.717, 1.165) is 36.6 Å². The standard InChI is InChI=1S/C21H29N3O2/c1-17-15-23-21(14-20(17)25)22-9-6-12-26-19-8-5-7-18(13-19)16-24-10-3-2-4-11-24/h5,7-8,13-15H,2-4,6,9-12,16H2,1H3,(H2,22,23,25). The van der Waals surface area contributed by atoms with Crippen LogP contribution in [0.3, 0.4) is 0 Å². The van der Waals surface area contributed by atoms with E-state index in [0.29, 0.717) is 6.61 Å². The van der Waals surface area contributed by atoms with E-state index < -0.39 is 0 Å². The van der Waals surface area contributed by atoms with Gasteiger partial charge in [0.2, 0.25) is 0 Å². The third-order valence-corrected chi connectivity index (χ3v) is 4.77. The molecule has 2 heterocycles. The minimum Gasteiger partial charge on any atom is -0.494 e. The van der Waals surface area contributed by atoms with E-state index >= 15 is 0 Å². The maximum absolute atomic E-state index is 11.6. The number of hydrogen-bond acceptors (Lipinski definition) is 4. The smallest absolute Gasteiger partial charge is 0.186 e. The lowest BCUT2D eigenvalue weighted by atomic mass is 10.1. The molecular weight excluding hydrogens is 326 g/mol. The maximum Gasteiger partial charge on any atom is 0.186 e. The van der Waals surface area contributed by atoms with Gasteiger partial charge in [-0.1, -0.05) is 18.6 Å². The number of pyridine rings is 1. The van der Waals surface area contributed by atoms with Crippen molar-refractivity contribution in [1.29, 1.82) is 0 Å². The molecule has 3 rings (SSSR count). The minimum atomic E-state index is 0.0491.